The summed E-state index contributed by atoms with van der Waals surface area (Å²) in [6.07, 6.45) is 0.0540. The molecule has 3 atom stereocenters. The zero-order valence-corrected chi connectivity index (χ0v) is 19.5. The monoisotopic (exact) mass is 483 g/mol. The number of halogens is 1. The largest absolute Gasteiger partial charge is 0.508 e. The fourth-order valence-corrected chi connectivity index (χ4v) is 4.96. The Bertz CT molecular complexity index is 1390. The molecule has 5 nitrogen and oxygen atoms in total. The van der Waals surface area contributed by atoms with Gasteiger partial charge in [-0.1, -0.05) is 66.7 Å². The maximum atomic E-state index is 14.7. The number of carbonyl (C=O) groups excluding carboxylic acids is 1. The van der Waals surface area contributed by atoms with Crippen molar-refractivity contribution in [2.75, 3.05) is 4.90 Å². The van der Waals surface area contributed by atoms with Gasteiger partial charge in [0.2, 0.25) is 5.91 Å². The summed E-state index contributed by atoms with van der Waals surface area (Å²) in [6, 6.07) is 26.6. The molecule has 1 aliphatic heterocycles. The maximum absolute atomic E-state index is 14.7. The molecule has 0 aromatic heterocycles. The van der Waals surface area contributed by atoms with Crippen molar-refractivity contribution in [1.29, 1.82) is 0 Å². The van der Waals surface area contributed by atoms with Gasteiger partial charge in [0.25, 0.3) is 0 Å². The van der Waals surface area contributed by atoms with E-state index in [1.807, 2.05) is 36.4 Å². The van der Waals surface area contributed by atoms with Crippen LogP contribution >= 0.6 is 0 Å². The van der Waals surface area contributed by atoms with Crippen molar-refractivity contribution in [3.63, 3.8) is 0 Å². The number of amides is 1. The Balaban J connectivity index is 1.46. The molecule has 0 unspecified atom stereocenters. The van der Waals surface area contributed by atoms with E-state index in [0.717, 1.165) is 5.56 Å². The molecule has 0 radical (unpaired) electrons. The molecule has 0 saturated carbocycles. The van der Waals surface area contributed by atoms with Gasteiger partial charge in [0.15, 0.2) is 0 Å². The Labute approximate surface area is 208 Å². The number of aromatic hydroxyl groups is 2. The number of anilines is 1. The third kappa shape index (κ3) is 4.43. The van der Waals surface area contributed by atoms with Crippen LogP contribution in [0.25, 0.3) is 11.1 Å². The summed E-state index contributed by atoms with van der Waals surface area (Å²) in [6.45, 7) is 0. The van der Waals surface area contributed by atoms with Crippen molar-refractivity contribution < 1.29 is 24.5 Å². The van der Waals surface area contributed by atoms with Crippen molar-refractivity contribution in [3.8, 4) is 22.6 Å². The first kappa shape index (κ1) is 23.6. The molecule has 36 heavy (non-hydrogen) atoms. The average Bonchev–Trinajstić information content (AvgIpc) is 2.88. The van der Waals surface area contributed by atoms with E-state index in [2.05, 4.69) is 0 Å². The minimum atomic E-state index is -0.719. The number of phenolic OH excluding ortho intramolecular Hbond substituents is 2. The molecular formula is C30H26FNO4. The van der Waals surface area contributed by atoms with Crippen molar-refractivity contribution in [2.45, 2.75) is 25.0 Å². The SMILES string of the molecule is O=C1[C@H](CC[C@H](O)c2ccccc2)[C@@H](c2ccc(-c3cccc(O)c3)c(O)c2)N1c1ccccc1F. The Hall–Kier alpha value is -4.16. The maximum Gasteiger partial charge on any atom is 0.233 e. The van der Waals surface area contributed by atoms with Crippen LogP contribution in [0.15, 0.2) is 97.1 Å². The van der Waals surface area contributed by atoms with E-state index < -0.39 is 23.9 Å². The van der Waals surface area contributed by atoms with Crippen LogP contribution < -0.4 is 4.90 Å². The van der Waals surface area contributed by atoms with E-state index in [1.165, 1.54) is 11.0 Å². The minimum absolute atomic E-state index is 0.00555. The van der Waals surface area contributed by atoms with E-state index in [1.54, 1.807) is 54.6 Å². The van der Waals surface area contributed by atoms with Gasteiger partial charge in [-0.25, -0.2) is 4.39 Å². The molecule has 4 aromatic rings. The predicted molar refractivity (Wildman–Crippen MR) is 136 cm³/mol. The first-order valence-corrected chi connectivity index (χ1v) is 11.9. The molecule has 0 aliphatic carbocycles. The average molecular weight is 484 g/mol. The molecule has 6 heteroatoms. The number of benzene rings is 4. The summed E-state index contributed by atoms with van der Waals surface area (Å²) in [7, 11) is 0. The van der Waals surface area contributed by atoms with Crippen LogP contribution in [-0.2, 0) is 4.79 Å². The molecule has 1 heterocycles. The van der Waals surface area contributed by atoms with Crippen LogP contribution in [0.5, 0.6) is 11.5 Å². The number of carbonyl (C=O) groups is 1. The van der Waals surface area contributed by atoms with Gasteiger partial charge in [-0.05, 0) is 59.9 Å². The van der Waals surface area contributed by atoms with Crippen LogP contribution in [-0.4, -0.2) is 21.2 Å². The van der Waals surface area contributed by atoms with E-state index in [4.69, 9.17) is 0 Å². The third-order valence-corrected chi connectivity index (χ3v) is 6.78. The van der Waals surface area contributed by atoms with Crippen molar-refractivity contribution in [2.24, 2.45) is 5.92 Å². The zero-order chi connectivity index (χ0) is 25.2. The van der Waals surface area contributed by atoms with Crippen LogP contribution in [0.1, 0.15) is 36.1 Å². The number of β-lactam (4-membered cyclic amide) rings is 1. The topological polar surface area (TPSA) is 81.0 Å². The highest BCUT2D eigenvalue weighted by Crippen LogP contribution is 2.48. The second kappa shape index (κ2) is 9.84. The number of rotatable bonds is 7. The van der Waals surface area contributed by atoms with Crippen LogP contribution in [0.3, 0.4) is 0 Å². The zero-order valence-electron chi connectivity index (χ0n) is 19.5. The van der Waals surface area contributed by atoms with Crippen molar-refractivity contribution >= 4 is 11.6 Å². The smallest absolute Gasteiger partial charge is 0.233 e. The summed E-state index contributed by atoms with van der Waals surface area (Å²) >= 11 is 0. The first-order valence-electron chi connectivity index (χ1n) is 11.9. The summed E-state index contributed by atoms with van der Waals surface area (Å²) in [4.78, 5) is 14.7. The number of aliphatic hydroxyl groups is 1. The molecule has 182 valence electrons. The van der Waals surface area contributed by atoms with Crippen LogP contribution in [0.2, 0.25) is 0 Å². The van der Waals surface area contributed by atoms with Gasteiger partial charge >= 0.3 is 0 Å². The molecule has 0 bridgehead atoms. The molecule has 4 aromatic carbocycles. The summed E-state index contributed by atoms with van der Waals surface area (Å²) in [5, 5.41) is 31.3. The van der Waals surface area contributed by atoms with E-state index in [0.29, 0.717) is 29.5 Å². The van der Waals surface area contributed by atoms with Crippen LogP contribution in [0.4, 0.5) is 10.1 Å². The standard InChI is InChI=1S/C30H26FNO4/c31-25-11-4-5-12-26(25)32-29(24(30(32)36)15-16-27(34)19-7-2-1-3-8-19)21-13-14-23(28(35)18-21)20-9-6-10-22(33)17-20/h1-14,17-18,24,27,29,33-35H,15-16H2/t24-,27+,29-/m1/s1. The number of aliphatic hydroxyl groups excluding tert-OH is 1. The fourth-order valence-electron chi connectivity index (χ4n) is 4.96. The van der Waals surface area contributed by atoms with Crippen LogP contribution in [0, 0.1) is 11.7 Å². The number of hydrogen-bond acceptors (Lipinski definition) is 4. The third-order valence-electron chi connectivity index (χ3n) is 6.78. The van der Waals surface area contributed by atoms with Crippen molar-refractivity contribution in [1.82, 2.24) is 0 Å². The number of hydrogen-bond donors (Lipinski definition) is 3. The second-order valence-corrected chi connectivity index (χ2v) is 9.04. The summed E-state index contributed by atoms with van der Waals surface area (Å²) in [5.41, 5.74) is 2.81. The molecule has 1 aliphatic rings. The first-order chi connectivity index (χ1) is 17.4. The second-order valence-electron chi connectivity index (χ2n) is 9.04. The summed E-state index contributed by atoms with van der Waals surface area (Å²) in [5.74, 6) is -1.12. The van der Waals surface area contributed by atoms with E-state index >= 15 is 0 Å². The Morgan fingerprint density at radius 2 is 1.61 bits per heavy atom. The van der Waals surface area contributed by atoms with Gasteiger partial charge in [-0.15, -0.1) is 0 Å². The summed E-state index contributed by atoms with van der Waals surface area (Å²) < 4.78 is 14.7. The fraction of sp³-hybridized carbons (Fsp3) is 0.167. The quantitative estimate of drug-likeness (QED) is 0.277. The lowest BCUT2D eigenvalue weighted by atomic mass is 9.78. The predicted octanol–water partition coefficient (Wildman–Crippen LogP) is 6.12. The lowest BCUT2D eigenvalue weighted by Gasteiger charge is -2.48. The van der Waals surface area contributed by atoms with E-state index in [-0.39, 0.29) is 23.1 Å². The minimum Gasteiger partial charge on any atom is -0.508 e. The lowest BCUT2D eigenvalue weighted by Crippen LogP contribution is -2.55. The van der Waals surface area contributed by atoms with Gasteiger partial charge in [0.05, 0.1) is 23.8 Å². The number of para-hydroxylation sites is 1. The molecular weight excluding hydrogens is 457 g/mol. The van der Waals surface area contributed by atoms with E-state index in [9.17, 15) is 24.5 Å². The van der Waals surface area contributed by atoms with Gasteiger partial charge in [-0.2, -0.15) is 0 Å². The van der Waals surface area contributed by atoms with Gasteiger partial charge < -0.3 is 20.2 Å². The molecule has 5 rings (SSSR count). The Kier molecular flexibility index (Phi) is 6.44. The number of phenols is 2. The highest BCUT2D eigenvalue weighted by molar-refractivity contribution is 6.03. The highest BCUT2D eigenvalue weighted by Gasteiger charge is 2.49. The van der Waals surface area contributed by atoms with Crippen molar-refractivity contribution in [3.05, 3.63) is 114 Å². The van der Waals surface area contributed by atoms with Gasteiger partial charge in [0, 0.05) is 5.56 Å². The normalized spacial score (nSPS) is 18.1. The molecule has 3 N–H and O–H groups in total. The molecule has 1 amide bonds. The Morgan fingerprint density at radius 3 is 2.33 bits per heavy atom. The molecule has 1 fully saturated rings. The Morgan fingerprint density at radius 1 is 0.861 bits per heavy atom. The molecule has 0 spiro atoms. The van der Waals surface area contributed by atoms with Gasteiger partial charge in [-0.3, -0.25) is 4.79 Å². The van der Waals surface area contributed by atoms with Gasteiger partial charge in [0.1, 0.15) is 17.3 Å². The highest BCUT2D eigenvalue weighted by atomic mass is 19.1. The molecule has 1 saturated heterocycles. The lowest BCUT2D eigenvalue weighted by molar-refractivity contribution is -0.131. The number of nitrogens with zero attached hydrogens (tertiary/aromatic N) is 1.